The Hall–Kier alpha value is -2.13. The van der Waals surface area contributed by atoms with Crippen molar-refractivity contribution >= 4 is 29.0 Å². The lowest BCUT2D eigenvalue weighted by Crippen LogP contribution is -2.34. The number of esters is 1. The maximum absolute atomic E-state index is 12.1. The minimum Gasteiger partial charge on any atom is -0.462 e. The Morgan fingerprint density at radius 1 is 1.13 bits per heavy atom. The molecule has 1 aliphatic rings. The molecule has 0 saturated carbocycles. The molecular formula is C27H34O2S. The Kier molecular flexibility index (Phi) is 6.43. The second-order valence-corrected chi connectivity index (χ2v) is 10.5. The zero-order valence-electron chi connectivity index (χ0n) is 19.4. The standard InChI is InChI=1S/C27H34O2S/c1-8-29-25(28)24-20(12-15-30-24)11-9-10-18(2)21-17-23-22(16-19(21)3)26(4,5)13-14-27(23,6)7/h9-12,15-17H,8,13-14H2,1-7H3/b11-9+,18-10+. The van der Waals surface area contributed by atoms with E-state index in [1.807, 2.05) is 30.5 Å². The van der Waals surface area contributed by atoms with Gasteiger partial charge in [-0.15, -0.1) is 11.3 Å². The number of ether oxygens (including phenoxy) is 1. The van der Waals surface area contributed by atoms with Crippen LogP contribution in [0.1, 0.15) is 91.9 Å². The van der Waals surface area contributed by atoms with E-state index < -0.39 is 0 Å². The first-order valence-corrected chi connectivity index (χ1v) is 11.7. The smallest absolute Gasteiger partial charge is 0.348 e. The minimum absolute atomic E-state index is 0.203. The summed E-state index contributed by atoms with van der Waals surface area (Å²) < 4.78 is 5.15. The van der Waals surface area contributed by atoms with E-state index >= 15 is 0 Å². The van der Waals surface area contributed by atoms with Gasteiger partial charge in [0.05, 0.1) is 6.61 Å². The third-order valence-corrected chi connectivity index (χ3v) is 7.31. The number of benzene rings is 1. The number of allylic oxidation sites excluding steroid dienone is 3. The predicted octanol–water partition coefficient (Wildman–Crippen LogP) is 7.70. The molecule has 0 aliphatic heterocycles. The summed E-state index contributed by atoms with van der Waals surface area (Å²) in [6.45, 7) is 16.1. The number of rotatable bonds is 5. The van der Waals surface area contributed by atoms with Gasteiger partial charge in [-0.25, -0.2) is 4.79 Å². The Balaban J connectivity index is 1.92. The highest BCUT2D eigenvalue weighted by molar-refractivity contribution is 7.12. The zero-order valence-corrected chi connectivity index (χ0v) is 20.2. The fraction of sp³-hybridized carbons (Fsp3) is 0.444. The number of carbonyl (C=O) groups excluding carboxylic acids is 1. The van der Waals surface area contributed by atoms with Crippen molar-refractivity contribution < 1.29 is 9.53 Å². The van der Waals surface area contributed by atoms with Crippen LogP contribution < -0.4 is 0 Å². The second-order valence-electron chi connectivity index (χ2n) is 9.61. The summed E-state index contributed by atoms with van der Waals surface area (Å²) in [6, 6.07) is 6.79. The van der Waals surface area contributed by atoms with Crippen molar-refractivity contribution in [1.29, 1.82) is 0 Å². The van der Waals surface area contributed by atoms with Gasteiger partial charge in [0.25, 0.3) is 0 Å². The highest BCUT2D eigenvalue weighted by Gasteiger charge is 2.37. The van der Waals surface area contributed by atoms with Crippen LogP contribution in [0.15, 0.2) is 35.7 Å². The molecule has 0 spiro atoms. The van der Waals surface area contributed by atoms with Gasteiger partial charge in [-0.05, 0) is 89.3 Å². The van der Waals surface area contributed by atoms with Crippen LogP contribution in [0, 0.1) is 6.92 Å². The average Bonchev–Trinajstić information content (AvgIpc) is 3.14. The second kappa shape index (κ2) is 8.55. The Morgan fingerprint density at radius 2 is 1.77 bits per heavy atom. The van der Waals surface area contributed by atoms with Gasteiger partial charge in [-0.1, -0.05) is 58.1 Å². The van der Waals surface area contributed by atoms with Crippen molar-refractivity contribution in [2.75, 3.05) is 6.61 Å². The van der Waals surface area contributed by atoms with E-state index in [4.69, 9.17) is 4.74 Å². The number of aryl methyl sites for hydroxylation is 1. The van der Waals surface area contributed by atoms with Crippen molar-refractivity contribution in [1.82, 2.24) is 0 Å². The number of hydrogen-bond acceptors (Lipinski definition) is 3. The van der Waals surface area contributed by atoms with E-state index in [0.29, 0.717) is 11.5 Å². The summed E-state index contributed by atoms with van der Waals surface area (Å²) in [7, 11) is 0. The van der Waals surface area contributed by atoms with Gasteiger partial charge >= 0.3 is 5.97 Å². The maximum atomic E-state index is 12.1. The molecule has 0 unspecified atom stereocenters. The largest absolute Gasteiger partial charge is 0.462 e. The van der Waals surface area contributed by atoms with Crippen LogP contribution in [-0.4, -0.2) is 12.6 Å². The third kappa shape index (κ3) is 4.46. The van der Waals surface area contributed by atoms with Crippen LogP contribution in [0.5, 0.6) is 0 Å². The average molecular weight is 423 g/mol. The van der Waals surface area contributed by atoms with Crippen molar-refractivity contribution in [3.63, 3.8) is 0 Å². The van der Waals surface area contributed by atoms with Gasteiger partial charge in [0, 0.05) is 0 Å². The van der Waals surface area contributed by atoms with Crippen LogP contribution in [0.25, 0.3) is 11.6 Å². The molecule has 0 amide bonds. The zero-order chi connectivity index (χ0) is 22.1. The van der Waals surface area contributed by atoms with Gasteiger partial charge in [-0.2, -0.15) is 0 Å². The molecule has 1 aromatic carbocycles. The van der Waals surface area contributed by atoms with Crippen LogP contribution >= 0.6 is 11.3 Å². The first-order chi connectivity index (χ1) is 14.1. The Morgan fingerprint density at radius 3 is 2.40 bits per heavy atom. The molecule has 0 radical (unpaired) electrons. The van der Waals surface area contributed by atoms with E-state index in [9.17, 15) is 4.79 Å². The van der Waals surface area contributed by atoms with Crippen LogP contribution in [0.3, 0.4) is 0 Å². The molecule has 1 aromatic heterocycles. The van der Waals surface area contributed by atoms with Crippen molar-refractivity contribution in [2.24, 2.45) is 0 Å². The summed E-state index contributed by atoms with van der Waals surface area (Å²) in [5.74, 6) is -0.247. The predicted molar refractivity (Wildman–Crippen MR) is 129 cm³/mol. The van der Waals surface area contributed by atoms with Gasteiger partial charge in [-0.3, -0.25) is 0 Å². The SMILES string of the molecule is CCOC(=O)c1sccc1/C=C/C=C(\C)c1cc2c(cc1C)C(C)(C)CCC2(C)C. The highest BCUT2D eigenvalue weighted by Crippen LogP contribution is 2.47. The van der Waals surface area contributed by atoms with E-state index in [2.05, 4.69) is 59.8 Å². The lowest BCUT2D eigenvalue weighted by molar-refractivity contribution is 0.0532. The van der Waals surface area contributed by atoms with E-state index in [1.165, 1.54) is 52.0 Å². The van der Waals surface area contributed by atoms with Gasteiger partial charge in [0.15, 0.2) is 0 Å². The minimum atomic E-state index is -0.247. The summed E-state index contributed by atoms with van der Waals surface area (Å²) in [5.41, 5.74) is 8.19. The molecule has 2 nitrogen and oxygen atoms in total. The normalized spacial score (nSPS) is 17.8. The highest BCUT2D eigenvalue weighted by atomic mass is 32.1. The molecule has 0 saturated heterocycles. The fourth-order valence-electron chi connectivity index (χ4n) is 4.35. The van der Waals surface area contributed by atoms with Gasteiger partial charge in [0.2, 0.25) is 0 Å². The molecule has 0 bridgehead atoms. The molecule has 3 heteroatoms. The Labute approximate surface area is 185 Å². The molecule has 1 heterocycles. The molecule has 2 aromatic rings. The van der Waals surface area contributed by atoms with E-state index in [1.54, 1.807) is 0 Å². The lowest BCUT2D eigenvalue weighted by atomic mass is 9.62. The number of hydrogen-bond donors (Lipinski definition) is 0. The molecule has 3 rings (SSSR count). The van der Waals surface area contributed by atoms with Gasteiger partial charge in [0.1, 0.15) is 4.88 Å². The molecule has 1 aliphatic carbocycles. The van der Waals surface area contributed by atoms with Crippen molar-refractivity contribution in [3.05, 3.63) is 68.4 Å². The number of carbonyl (C=O) groups is 1. The van der Waals surface area contributed by atoms with Crippen LogP contribution in [-0.2, 0) is 15.6 Å². The van der Waals surface area contributed by atoms with Crippen LogP contribution in [0.2, 0.25) is 0 Å². The summed E-state index contributed by atoms with van der Waals surface area (Å²) >= 11 is 1.42. The molecule has 0 atom stereocenters. The lowest BCUT2D eigenvalue weighted by Gasteiger charge is -2.42. The number of fused-ring (bicyclic) bond motifs is 1. The summed E-state index contributed by atoms with van der Waals surface area (Å²) in [5, 5.41) is 1.93. The molecule has 0 N–H and O–H groups in total. The van der Waals surface area contributed by atoms with Crippen LogP contribution in [0.4, 0.5) is 0 Å². The monoisotopic (exact) mass is 422 g/mol. The molecular weight excluding hydrogens is 388 g/mol. The number of thiophene rings is 1. The van der Waals surface area contributed by atoms with Gasteiger partial charge < -0.3 is 4.74 Å². The topological polar surface area (TPSA) is 26.3 Å². The van der Waals surface area contributed by atoms with E-state index in [-0.39, 0.29) is 16.8 Å². The van der Waals surface area contributed by atoms with E-state index in [0.717, 1.165) is 5.56 Å². The quantitative estimate of drug-likeness (QED) is 0.364. The molecule has 30 heavy (non-hydrogen) atoms. The summed E-state index contributed by atoms with van der Waals surface area (Å²) in [6.07, 6.45) is 8.61. The molecule has 160 valence electrons. The van der Waals surface area contributed by atoms with Crippen molar-refractivity contribution in [3.8, 4) is 0 Å². The Bertz CT molecular complexity index is 1000. The first-order valence-electron chi connectivity index (χ1n) is 10.8. The van der Waals surface area contributed by atoms with Crippen molar-refractivity contribution in [2.45, 2.75) is 72.1 Å². The molecule has 0 fully saturated rings. The summed E-state index contributed by atoms with van der Waals surface area (Å²) in [4.78, 5) is 12.7. The first kappa shape index (κ1) is 22.6. The third-order valence-electron chi connectivity index (χ3n) is 6.40. The fourth-order valence-corrected chi connectivity index (χ4v) is 5.12. The maximum Gasteiger partial charge on any atom is 0.348 e.